The molecular weight excluding hydrogens is 423 g/mol. The Kier molecular flexibility index (Phi) is 6.04. The van der Waals surface area contributed by atoms with Gasteiger partial charge in [0, 0.05) is 41.7 Å². The number of esters is 1. The summed E-state index contributed by atoms with van der Waals surface area (Å²) in [6.45, 7) is 4.14. The van der Waals surface area contributed by atoms with E-state index in [0.29, 0.717) is 22.7 Å². The number of benzene rings is 2. The summed E-state index contributed by atoms with van der Waals surface area (Å²) in [5, 5.41) is 1.38. The summed E-state index contributed by atoms with van der Waals surface area (Å²) >= 11 is 11.9. The van der Waals surface area contributed by atoms with Crippen LogP contribution in [0, 0.1) is 0 Å². The predicted molar refractivity (Wildman–Crippen MR) is 117 cm³/mol. The first kappa shape index (κ1) is 20.8. The predicted octanol–water partition coefficient (Wildman–Crippen LogP) is 4.96. The van der Waals surface area contributed by atoms with Gasteiger partial charge in [-0.05, 0) is 30.8 Å². The van der Waals surface area contributed by atoms with E-state index in [9.17, 15) is 9.59 Å². The molecule has 3 aromatic rings. The van der Waals surface area contributed by atoms with Crippen molar-refractivity contribution in [1.82, 2.24) is 9.88 Å². The first-order chi connectivity index (χ1) is 14.5. The van der Waals surface area contributed by atoms with Crippen LogP contribution < -0.4 is 0 Å². The Hall–Kier alpha value is -2.47. The minimum absolute atomic E-state index is 0.280. The summed E-state index contributed by atoms with van der Waals surface area (Å²) < 4.78 is 5.45. The molecule has 1 aliphatic heterocycles. The number of para-hydroxylation sites is 1. The number of carbonyl (C=O) groups is 2. The number of rotatable bonds is 5. The van der Waals surface area contributed by atoms with Gasteiger partial charge < -0.3 is 4.74 Å². The van der Waals surface area contributed by atoms with E-state index < -0.39 is 5.97 Å². The third-order valence-corrected chi connectivity index (χ3v) is 6.09. The SMILES string of the molecule is CCN1CCc2nc3ccccc3c(C(=O)OCC(=O)c3ccc(Cl)c(Cl)c3)c2C1. The van der Waals surface area contributed by atoms with Crippen LogP contribution in [0.1, 0.15) is 38.9 Å². The molecule has 7 heteroatoms. The largest absolute Gasteiger partial charge is 0.454 e. The van der Waals surface area contributed by atoms with Crippen molar-refractivity contribution in [3.05, 3.63) is 74.9 Å². The molecule has 4 rings (SSSR count). The molecule has 2 heterocycles. The maximum atomic E-state index is 13.1. The molecule has 0 atom stereocenters. The van der Waals surface area contributed by atoms with Crippen LogP contribution in [0.5, 0.6) is 0 Å². The van der Waals surface area contributed by atoms with Crippen molar-refractivity contribution in [2.45, 2.75) is 19.9 Å². The van der Waals surface area contributed by atoms with Crippen LogP contribution in [0.4, 0.5) is 0 Å². The van der Waals surface area contributed by atoms with Crippen molar-refractivity contribution >= 4 is 45.9 Å². The van der Waals surface area contributed by atoms with Crippen LogP contribution in [-0.4, -0.2) is 41.3 Å². The number of fused-ring (bicyclic) bond motifs is 2. The molecular formula is C23H20Cl2N2O3. The minimum atomic E-state index is -0.517. The van der Waals surface area contributed by atoms with Crippen LogP contribution in [0.3, 0.4) is 0 Å². The van der Waals surface area contributed by atoms with Crippen LogP contribution >= 0.6 is 23.2 Å². The monoisotopic (exact) mass is 442 g/mol. The Morgan fingerprint density at radius 2 is 1.93 bits per heavy atom. The topological polar surface area (TPSA) is 59.5 Å². The van der Waals surface area contributed by atoms with Crippen molar-refractivity contribution in [2.75, 3.05) is 19.7 Å². The van der Waals surface area contributed by atoms with Gasteiger partial charge in [-0.15, -0.1) is 0 Å². The van der Waals surface area contributed by atoms with Gasteiger partial charge >= 0.3 is 5.97 Å². The Bertz CT molecular complexity index is 1150. The van der Waals surface area contributed by atoms with E-state index in [2.05, 4.69) is 11.8 Å². The lowest BCUT2D eigenvalue weighted by Gasteiger charge is -2.28. The highest BCUT2D eigenvalue weighted by Crippen LogP contribution is 2.29. The second-order valence-electron chi connectivity index (χ2n) is 7.18. The lowest BCUT2D eigenvalue weighted by Crippen LogP contribution is -2.32. The highest BCUT2D eigenvalue weighted by molar-refractivity contribution is 6.42. The summed E-state index contributed by atoms with van der Waals surface area (Å²) in [5.74, 6) is -0.861. The van der Waals surface area contributed by atoms with Gasteiger partial charge in [-0.1, -0.05) is 48.3 Å². The summed E-state index contributed by atoms with van der Waals surface area (Å²) in [6.07, 6.45) is 0.774. The summed E-state index contributed by atoms with van der Waals surface area (Å²) in [4.78, 5) is 32.6. The minimum Gasteiger partial charge on any atom is -0.454 e. The molecule has 30 heavy (non-hydrogen) atoms. The highest BCUT2D eigenvalue weighted by atomic mass is 35.5. The molecule has 0 amide bonds. The molecule has 1 aliphatic rings. The fourth-order valence-corrected chi connectivity index (χ4v) is 4.00. The van der Waals surface area contributed by atoms with Crippen LogP contribution in [0.2, 0.25) is 10.0 Å². The molecule has 0 N–H and O–H groups in total. The number of carbonyl (C=O) groups excluding carboxylic acids is 2. The zero-order chi connectivity index (χ0) is 21.3. The summed E-state index contributed by atoms with van der Waals surface area (Å²) in [6, 6.07) is 12.1. The van der Waals surface area contributed by atoms with E-state index in [1.54, 1.807) is 12.1 Å². The van der Waals surface area contributed by atoms with E-state index in [0.717, 1.165) is 41.7 Å². The Balaban J connectivity index is 1.64. The Labute approximate surface area is 184 Å². The lowest BCUT2D eigenvalue weighted by atomic mass is 9.96. The number of hydrogen-bond donors (Lipinski definition) is 0. The molecule has 0 fully saturated rings. The van der Waals surface area contributed by atoms with Gasteiger partial charge in [-0.3, -0.25) is 14.7 Å². The molecule has 154 valence electrons. The summed E-state index contributed by atoms with van der Waals surface area (Å²) in [5.41, 5.74) is 3.39. The van der Waals surface area contributed by atoms with Crippen molar-refractivity contribution in [3.63, 3.8) is 0 Å². The van der Waals surface area contributed by atoms with Crippen molar-refractivity contribution in [2.24, 2.45) is 0 Å². The fraction of sp³-hybridized carbons (Fsp3) is 0.261. The van der Waals surface area contributed by atoms with Gasteiger partial charge in [0.15, 0.2) is 12.4 Å². The number of Topliss-reactive ketones (excluding diaryl/α,β-unsaturated/α-hetero) is 1. The van der Waals surface area contributed by atoms with E-state index >= 15 is 0 Å². The van der Waals surface area contributed by atoms with Gasteiger partial charge in [0.1, 0.15) is 0 Å². The average molecular weight is 443 g/mol. The van der Waals surface area contributed by atoms with Crippen LogP contribution in [0.15, 0.2) is 42.5 Å². The number of aromatic nitrogens is 1. The Morgan fingerprint density at radius 1 is 1.13 bits per heavy atom. The van der Waals surface area contributed by atoms with Crippen LogP contribution in [-0.2, 0) is 17.7 Å². The maximum absolute atomic E-state index is 13.1. The van der Waals surface area contributed by atoms with Gasteiger partial charge in [0.05, 0.1) is 21.1 Å². The molecule has 0 saturated heterocycles. The standard InChI is InChI=1S/C23H20Cl2N2O3/c1-2-27-10-9-20-16(12-27)22(15-5-3-4-6-19(15)26-20)23(29)30-13-21(28)14-7-8-17(24)18(25)11-14/h3-8,11H,2,9-10,12-13H2,1H3. The zero-order valence-corrected chi connectivity index (χ0v) is 18.0. The Morgan fingerprint density at radius 3 is 2.70 bits per heavy atom. The van der Waals surface area contributed by atoms with Gasteiger partial charge in [-0.2, -0.15) is 0 Å². The molecule has 1 aromatic heterocycles. The van der Waals surface area contributed by atoms with Crippen molar-refractivity contribution < 1.29 is 14.3 Å². The summed E-state index contributed by atoms with van der Waals surface area (Å²) in [7, 11) is 0. The average Bonchev–Trinajstić information content (AvgIpc) is 2.77. The van der Waals surface area contributed by atoms with E-state index in [1.807, 2.05) is 24.3 Å². The van der Waals surface area contributed by atoms with Gasteiger partial charge in [0.25, 0.3) is 0 Å². The van der Waals surface area contributed by atoms with E-state index in [4.69, 9.17) is 32.9 Å². The maximum Gasteiger partial charge on any atom is 0.339 e. The van der Waals surface area contributed by atoms with Crippen molar-refractivity contribution in [1.29, 1.82) is 0 Å². The molecule has 0 radical (unpaired) electrons. The molecule has 5 nitrogen and oxygen atoms in total. The van der Waals surface area contributed by atoms with E-state index in [1.165, 1.54) is 6.07 Å². The van der Waals surface area contributed by atoms with Crippen LogP contribution in [0.25, 0.3) is 10.9 Å². The lowest BCUT2D eigenvalue weighted by molar-refractivity contribution is 0.0474. The second-order valence-corrected chi connectivity index (χ2v) is 7.99. The normalized spacial score (nSPS) is 13.8. The van der Waals surface area contributed by atoms with Gasteiger partial charge in [0.2, 0.25) is 0 Å². The smallest absolute Gasteiger partial charge is 0.339 e. The number of nitrogens with zero attached hydrogens (tertiary/aromatic N) is 2. The van der Waals surface area contributed by atoms with E-state index in [-0.39, 0.29) is 17.4 Å². The van der Waals surface area contributed by atoms with Gasteiger partial charge in [-0.25, -0.2) is 4.79 Å². The molecule has 0 bridgehead atoms. The third kappa shape index (κ3) is 4.06. The number of ether oxygens (including phenoxy) is 1. The second kappa shape index (κ2) is 8.72. The fourth-order valence-electron chi connectivity index (χ4n) is 3.71. The highest BCUT2D eigenvalue weighted by Gasteiger charge is 2.26. The van der Waals surface area contributed by atoms with Crippen molar-refractivity contribution in [3.8, 4) is 0 Å². The number of pyridine rings is 1. The molecule has 0 saturated carbocycles. The zero-order valence-electron chi connectivity index (χ0n) is 16.5. The molecule has 2 aromatic carbocycles. The number of hydrogen-bond acceptors (Lipinski definition) is 5. The first-order valence-electron chi connectivity index (χ1n) is 9.76. The number of ketones is 1. The molecule has 0 spiro atoms. The number of halogens is 2. The first-order valence-corrected chi connectivity index (χ1v) is 10.5. The quantitative estimate of drug-likeness (QED) is 0.412. The molecule has 0 aliphatic carbocycles. The number of likely N-dealkylation sites (N-methyl/N-ethyl adjacent to an activating group) is 1. The molecule has 0 unspecified atom stereocenters. The third-order valence-electron chi connectivity index (χ3n) is 5.35.